The highest BCUT2D eigenvalue weighted by atomic mass is 16.7. The smallest absolute Gasteiger partial charge is 0.231 e. The van der Waals surface area contributed by atoms with Crippen LogP contribution in [-0.4, -0.2) is 11.8 Å². The zero-order valence-electron chi connectivity index (χ0n) is 9.43. The van der Waals surface area contributed by atoms with Crippen molar-refractivity contribution in [2.24, 2.45) is 0 Å². The molecule has 4 heteroatoms. The van der Waals surface area contributed by atoms with Crippen molar-refractivity contribution in [1.82, 2.24) is 4.98 Å². The molecule has 0 saturated heterocycles. The number of fused-ring (bicyclic) bond motifs is 1. The summed E-state index contributed by atoms with van der Waals surface area (Å²) < 4.78 is 10.6. The summed E-state index contributed by atoms with van der Waals surface area (Å²) >= 11 is 0. The van der Waals surface area contributed by atoms with E-state index in [1.807, 2.05) is 31.2 Å². The number of benzene rings is 1. The molecule has 3 rings (SSSR count). The zero-order chi connectivity index (χ0) is 11.8. The van der Waals surface area contributed by atoms with E-state index < -0.39 is 0 Å². The predicted molar refractivity (Wildman–Crippen MR) is 64.9 cm³/mol. The van der Waals surface area contributed by atoms with Crippen molar-refractivity contribution in [3.8, 4) is 22.6 Å². The number of hydrogen-bond donors (Lipinski definition) is 1. The van der Waals surface area contributed by atoms with Crippen LogP contribution in [0.5, 0.6) is 11.5 Å². The minimum absolute atomic E-state index is 0.289. The fraction of sp³-hybridized carbons (Fsp3) is 0.154. The van der Waals surface area contributed by atoms with Crippen LogP contribution < -0.4 is 15.2 Å². The lowest BCUT2D eigenvalue weighted by Crippen LogP contribution is -1.94. The first-order valence-corrected chi connectivity index (χ1v) is 5.37. The Morgan fingerprint density at radius 1 is 1.12 bits per heavy atom. The summed E-state index contributed by atoms with van der Waals surface area (Å²) in [7, 11) is 0. The van der Waals surface area contributed by atoms with Crippen LogP contribution in [-0.2, 0) is 0 Å². The molecule has 1 aromatic carbocycles. The van der Waals surface area contributed by atoms with Crippen molar-refractivity contribution in [3.63, 3.8) is 0 Å². The summed E-state index contributed by atoms with van der Waals surface area (Å²) in [5.74, 6) is 2.10. The monoisotopic (exact) mass is 228 g/mol. The summed E-state index contributed by atoms with van der Waals surface area (Å²) in [4.78, 5) is 4.25. The molecular weight excluding hydrogens is 216 g/mol. The highest BCUT2D eigenvalue weighted by Gasteiger charge is 2.14. The molecule has 1 aromatic heterocycles. The SMILES string of the molecule is Cc1nc(N)ccc1-c1ccc2c(c1)OCO2. The second kappa shape index (κ2) is 3.66. The topological polar surface area (TPSA) is 57.4 Å². The van der Waals surface area contributed by atoms with Crippen LogP contribution in [0.25, 0.3) is 11.1 Å². The van der Waals surface area contributed by atoms with E-state index in [0.29, 0.717) is 5.82 Å². The molecule has 1 aliphatic heterocycles. The number of hydrogen-bond acceptors (Lipinski definition) is 4. The van der Waals surface area contributed by atoms with Gasteiger partial charge in [0.15, 0.2) is 11.5 Å². The molecule has 0 amide bonds. The molecule has 0 fully saturated rings. The van der Waals surface area contributed by atoms with Gasteiger partial charge in [-0.1, -0.05) is 6.07 Å². The summed E-state index contributed by atoms with van der Waals surface area (Å²) in [6.45, 7) is 2.23. The molecule has 0 aliphatic carbocycles. The van der Waals surface area contributed by atoms with Gasteiger partial charge in [0.1, 0.15) is 5.82 Å². The normalized spacial score (nSPS) is 12.8. The van der Waals surface area contributed by atoms with Crippen molar-refractivity contribution in [2.45, 2.75) is 6.92 Å². The zero-order valence-corrected chi connectivity index (χ0v) is 9.43. The van der Waals surface area contributed by atoms with Crippen molar-refractivity contribution in [2.75, 3.05) is 12.5 Å². The van der Waals surface area contributed by atoms with Gasteiger partial charge in [0.25, 0.3) is 0 Å². The van der Waals surface area contributed by atoms with Crippen LogP contribution in [0.2, 0.25) is 0 Å². The molecule has 0 bridgehead atoms. The first-order valence-electron chi connectivity index (χ1n) is 5.37. The second-order valence-corrected chi connectivity index (χ2v) is 3.94. The number of nitrogen functional groups attached to an aromatic ring is 1. The number of anilines is 1. The summed E-state index contributed by atoms with van der Waals surface area (Å²) in [6.07, 6.45) is 0. The van der Waals surface area contributed by atoms with Crippen molar-refractivity contribution >= 4 is 5.82 Å². The Balaban J connectivity index is 2.09. The van der Waals surface area contributed by atoms with Crippen LogP contribution in [0.1, 0.15) is 5.69 Å². The van der Waals surface area contributed by atoms with E-state index in [1.165, 1.54) is 0 Å². The summed E-state index contributed by atoms with van der Waals surface area (Å²) in [6, 6.07) is 9.63. The highest BCUT2D eigenvalue weighted by Crippen LogP contribution is 2.36. The number of nitrogens with two attached hydrogens (primary N) is 1. The Morgan fingerprint density at radius 2 is 1.94 bits per heavy atom. The van der Waals surface area contributed by atoms with Gasteiger partial charge in [0, 0.05) is 11.3 Å². The van der Waals surface area contributed by atoms with E-state index in [4.69, 9.17) is 15.2 Å². The lowest BCUT2D eigenvalue weighted by Gasteiger charge is -2.07. The Morgan fingerprint density at radius 3 is 2.76 bits per heavy atom. The minimum atomic E-state index is 0.289. The molecule has 0 spiro atoms. The van der Waals surface area contributed by atoms with Gasteiger partial charge in [-0.3, -0.25) is 0 Å². The van der Waals surface area contributed by atoms with Crippen LogP contribution in [0.3, 0.4) is 0 Å². The molecule has 0 unspecified atom stereocenters. The Bertz CT molecular complexity index is 582. The lowest BCUT2D eigenvalue weighted by molar-refractivity contribution is 0.174. The third-order valence-electron chi connectivity index (χ3n) is 2.79. The molecule has 0 radical (unpaired) electrons. The van der Waals surface area contributed by atoms with E-state index in [9.17, 15) is 0 Å². The Hall–Kier alpha value is -2.23. The number of aryl methyl sites for hydroxylation is 1. The number of ether oxygens (including phenoxy) is 2. The lowest BCUT2D eigenvalue weighted by atomic mass is 10.0. The van der Waals surface area contributed by atoms with Gasteiger partial charge in [0.05, 0.1) is 0 Å². The van der Waals surface area contributed by atoms with Crippen LogP contribution in [0.15, 0.2) is 30.3 Å². The standard InChI is InChI=1S/C13H12N2O2/c1-8-10(3-5-13(14)15-8)9-2-4-11-12(6-9)17-7-16-11/h2-6H,7H2,1H3,(H2,14,15). The molecule has 2 aromatic rings. The molecule has 1 aliphatic rings. The first-order chi connectivity index (χ1) is 8.24. The van der Waals surface area contributed by atoms with E-state index in [1.54, 1.807) is 6.07 Å². The summed E-state index contributed by atoms with van der Waals surface area (Å²) in [5, 5.41) is 0. The maximum absolute atomic E-state index is 5.64. The maximum atomic E-state index is 5.64. The average molecular weight is 228 g/mol. The molecule has 0 saturated carbocycles. The Labute approximate surface area is 99.0 Å². The van der Waals surface area contributed by atoms with Gasteiger partial charge in [-0.2, -0.15) is 0 Å². The highest BCUT2D eigenvalue weighted by molar-refractivity contribution is 5.70. The van der Waals surface area contributed by atoms with Gasteiger partial charge in [-0.25, -0.2) is 4.98 Å². The summed E-state index contributed by atoms with van der Waals surface area (Å²) in [5.41, 5.74) is 8.65. The minimum Gasteiger partial charge on any atom is -0.454 e. The maximum Gasteiger partial charge on any atom is 0.231 e. The van der Waals surface area contributed by atoms with Gasteiger partial charge in [-0.15, -0.1) is 0 Å². The largest absolute Gasteiger partial charge is 0.454 e. The molecule has 17 heavy (non-hydrogen) atoms. The number of rotatable bonds is 1. The molecule has 4 nitrogen and oxygen atoms in total. The van der Waals surface area contributed by atoms with Gasteiger partial charge >= 0.3 is 0 Å². The van der Waals surface area contributed by atoms with E-state index in [0.717, 1.165) is 28.3 Å². The fourth-order valence-corrected chi connectivity index (χ4v) is 1.95. The number of pyridine rings is 1. The van der Waals surface area contributed by atoms with Crippen LogP contribution >= 0.6 is 0 Å². The van der Waals surface area contributed by atoms with E-state index in [-0.39, 0.29) is 6.79 Å². The first kappa shape index (κ1) is 9.96. The average Bonchev–Trinajstić information content (AvgIpc) is 2.75. The molecular formula is C13H12N2O2. The quantitative estimate of drug-likeness (QED) is 0.814. The van der Waals surface area contributed by atoms with Gasteiger partial charge < -0.3 is 15.2 Å². The van der Waals surface area contributed by atoms with E-state index in [2.05, 4.69) is 4.98 Å². The fourth-order valence-electron chi connectivity index (χ4n) is 1.95. The van der Waals surface area contributed by atoms with Gasteiger partial charge in [-0.05, 0) is 36.8 Å². The van der Waals surface area contributed by atoms with E-state index >= 15 is 0 Å². The Kier molecular flexibility index (Phi) is 2.14. The van der Waals surface area contributed by atoms with Crippen LogP contribution in [0, 0.1) is 6.92 Å². The third-order valence-corrected chi connectivity index (χ3v) is 2.79. The second-order valence-electron chi connectivity index (χ2n) is 3.94. The molecule has 86 valence electrons. The molecule has 0 atom stereocenters. The van der Waals surface area contributed by atoms with Gasteiger partial charge in [0.2, 0.25) is 6.79 Å². The number of nitrogens with zero attached hydrogens (tertiary/aromatic N) is 1. The van der Waals surface area contributed by atoms with Crippen LogP contribution in [0.4, 0.5) is 5.82 Å². The number of aromatic nitrogens is 1. The third kappa shape index (κ3) is 1.67. The van der Waals surface area contributed by atoms with Crippen molar-refractivity contribution < 1.29 is 9.47 Å². The molecule has 2 N–H and O–H groups in total. The van der Waals surface area contributed by atoms with Crippen molar-refractivity contribution in [1.29, 1.82) is 0 Å². The predicted octanol–water partition coefficient (Wildman–Crippen LogP) is 2.37. The molecule has 2 heterocycles. The van der Waals surface area contributed by atoms with Crippen molar-refractivity contribution in [3.05, 3.63) is 36.0 Å².